The Kier molecular flexibility index (Phi) is 3.26. The molecule has 34 valence electrons. The maximum absolute atomic E-state index is 9.78. The largest absolute Gasteiger partial charge is 0.505 e. The highest BCUT2D eigenvalue weighted by Gasteiger charge is 1.85. The molecule has 6 heavy (non-hydrogen) atoms. The summed E-state index contributed by atoms with van der Waals surface area (Å²) in [4.78, 5) is 9.78. The summed E-state index contributed by atoms with van der Waals surface area (Å²) >= 11 is 3.64. The number of rotatable bonds is 1. The normalized spacial score (nSPS) is 7.67. The highest BCUT2D eigenvalue weighted by atomic mass is 32.3. The van der Waals surface area contributed by atoms with E-state index in [2.05, 4.69) is 16.5 Å². The summed E-state index contributed by atoms with van der Waals surface area (Å²) < 4.78 is 4.29. The van der Waals surface area contributed by atoms with E-state index in [1.165, 1.54) is 6.92 Å². The smallest absolute Gasteiger partial charge is 0.394 e. The van der Waals surface area contributed by atoms with Gasteiger partial charge in [0.1, 0.15) is 0 Å². The Balaban J connectivity index is 2.83. The lowest BCUT2D eigenvalue weighted by molar-refractivity contribution is -0.131. The maximum atomic E-state index is 9.78. The zero-order chi connectivity index (χ0) is 4.99. The summed E-state index contributed by atoms with van der Waals surface area (Å²) in [5, 5.41) is 0. The van der Waals surface area contributed by atoms with E-state index >= 15 is 0 Å². The molecule has 0 heterocycles. The van der Waals surface area contributed by atoms with Crippen molar-refractivity contribution in [3.05, 3.63) is 0 Å². The summed E-state index contributed by atoms with van der Waals surface area (Å²) in [5.74, 6) is -0.275. The first kappa shape index (κ1) is 6.04. The van der Waals surface area contributed by atoms with Crippen LogP contribution in [0, 0.1) is 0 Å². The van der Waals surface area contributed by atoms with Crippen LogP contribution < -0.4 is 0 Å². The van der Waals surface area contributed by atoms with Crippen LogP contribution in [-0.2, 0) is 9.22 Å². The third-order valence-electron chi connectivity index (χ3n) is 0.189. The fourth-order valence-electron chi connectivity index (χ4n) is 0.0643. The third kappa shape index (κ3) is 4.04. The fraction of sp³-hybridized carbons (Fsp3) is 0.500. The van der Waals surface area contributed by atoms with Gasteiger partial charge in [-0.15, -0.1) is 0 Å². The van der Waals surface area contributed by atoms with Gasteiger partial charge in [0.05, 0.1) is 0 Å². The molecule has 0 amide bonds. The first-order valence-electron chi connectivity index (χ1n) is 1.34. The van der Waals surface area contributed by atoms with Gasteiger partial charge in [-0.25, -0.2) is 0 Å². The van der Waals surface area contributed by atoms with Crippen molar-refractivity contribution in [3.8, 4) is 0 Å². The van der Waals surface area contributed by atoms with Gasteiger partial charge >= 0.3 is 8.91 Å². The number of hydrogen-bond acceptors (Lipinski definition) is 3. The Hall–Kier alpha value is 0.0369. The lowest BCUT2D eigenvalue weighted by atomic mass is 10.9. The minimum absolute atomic E-state index is 0.0170. The highest BCUT2D eigenvalue weighted by molar-refractivity contribution is 8.06. The minimum atomic E-state index is -0.275. The highest BCUT2D eigenvalue weighted by Crippen LogP contribution is 1.72. The van der Waals surface area contributed by atoms with E-state index in [0.717, 1.165) is 0 Å². The van der Waals surface area contributed by atoms with Crippen LogP contribution in [0.5, 0.6) is 0 Å². The van der Waals surface area contributed by atoms with Crippen LogP contribution in [0.2, 0.25) is 0 Å². The molecule has 0 N–H and O–H groups in total. The Labute approximate surface area is 43.9 Å². The molecular weight excluding hydrogens is 116 g/mol. The van der Waals surface area contributed by atoms with E-state index in [1.54, 1.807) is 0 Å². The van der Waals surface area contributed by atoms with E-state index in [4.69, 9.17) is 0 Å². The van der Waals surface area contributed by atoms with Crippen molar-refractivity contribution in [3.63, 3.8) is 0 Å². The second-order valence-electron chi connectivity index (χ2n) is 0.685. The summed E-state index contributed by atoms with van der Waals surface area (Å²) in [5.41, 5.74) is 0. The van der Waals surface area contributed by atoms with Crippen molar-refractivity contribution < 1.29 is 9.22 Å². The molecule has 0 aliphatic heterocycles. The molecule has 0 aromatic rings. The van der Waals surface area contributed by atoms with Gasteiger partial charge in [0.25, 0.3) is 5.97 Å². The van der Waals surface area contributed by atoms with E-state index in [-0.39, 0.29) is 14.9 Å². The van der Waals surface area contributed by atoms with Gasteiger partial charge in [0.2, 0.25) is 0 Å². The molecule has 0 aliphatic carbocycles. The standard InChI is InChI=1S/C2H4O2SSi/c1-2(3)4-6-5/h5H,1H3. The van der Waals surface area contributed by atoms with Crippen LogP contribution >= 0.6 is 12.1 Å². The van der Waals surface area contributed by atoms with Crippen molar-refractivity contribution in [2.75, 3.05) is 0 Å². The van der Waals surface area contributed by atoms with E-state index in [0.29, 0.717) is 0 Å². The first-order valence-corrected chi connectivity index (χ1v) is 3.53. The van der Waals surface area contributed by atoms with Crippen LogP contribution in [-0.4, -0.2) is 14.9 Å². The molecule has 0 bridgehead atoms. The van der Waals surface area contributed by atoms with Gasteiger partial charge in [-0.2, -0.15) is 12.1 Å². The number of carbonyl (C=O) groups is 1. The monoisotopic (exact) mass is 120 g/mol. The van der Waals surface area contributed by atoms with Crippen molar-refractivity contribution in [1.82, 2.24) is 0 Å². The topological polar surface area (TPSA) is 26.3 Å². The van der Waals surface area contributed by atoms with Crippen molar-refractivity contribution in [1.29, 1.82) is 0 Å². The summed E-state index contributed by atoms with van der Waals surface area (Å²) in [7, 11) is -0.0170. The molecule has 2 radical (unpaired) electrons. The Bertz CT molecular complexity index is 55.5. The van der Waals surface area contributed by atoms with Gasteiger partial charge < -0.3 is 4.43 Å². The van der Waals surface area contributed by atoms with Gasteiger partial charge in [-0.05, 0) is 0 Å². The molecule has 0 aromatic carbocycles. The van der Waals surface area contributed by atoms with Crippen molar-refractivity contribution in [2.45, 2.75) is 6.92 Å². The second kappa shape index (κ2) is 3.24. The zero-order valence-electron chi connectivity index (χ0n) is 3.26. The number of thiol groups is 1. The lowest BCUT2D eigenvalue weighted by Gasteiger charge is -1.86. The average molecular weight is 120 g/mol. The molecule has 0 rings (SSSR count). The molecule has 0 aromatic heterocycles. The molecule has 0 spiro atoms. The average Bonchev–Trinajstić information content (AvgIpc) is 1.35. The van der Waals surface area contributed by atoms with Crippen LogP contribution in [0.1, 0.15) is 6.92 Å². The van der Waals surface area contributed by atoms with Gasteiger partial charge in [0.15, 0.2) is 0 Å². The number of hydrogen-bond donors (Lipinski definition) is 1. The summed E-state index contributed by atoms with van der Waals surface area (Å²) in [6.45, 7) is 1.35. The molecule has 0 atom stereocenters. The Morgan fingerprint density at radius 1 is 2.00 bits per heavy atom. The minimum Gasteiger partial charge on any atom is -0.505 e. The van der Waals surface area contributed by atoms with Gasteiger partial charge in [-0.1, -0.05) is 0 Å². The van der Waals surface area contributed by atoms with Crippen molar-refractivity contribution >= 4 is 27.0 Å². The predicted octanol–water partition coefficient (Wildman–Crippen LogP) is 0.0135. The third-order valence-corrected chi connectivity index (χ3v) is 0.842. The Morgan fingerprint density at radius 2 is 2.50 bits per heavy atom. The van der Waals surface area contributed by atoms with Gasteiger partial charge in [0, 0.05) is 6.92 Å². The van der Waals surface area contributed by atoms with Crippen LogP contribution in [0.15, 0.2) is 0 Å². The Morgan fingerprint density at radius 3 is 2.50 bits per heavy atom. The quantitative estimate of drug-likeness (QED) is 0.390. The fourth-order valence-corrected chi connectivity index (χ4v) is 0.578. The van der Waals surface area contributed by atoms with E-state index in [9.17, 15) is 4.79 Å². The molecule has 0 saturated carbocycles. The summed E-state index contributed by atoms with van der Waals surface area (Å²) in [6.07, 6.45) is 0. The lowest BCUT2D eigenvalue weighted by Crippen LogP contribution is -1.97. The molecule has 0 saturated heterocycles. The molecule has 0 unspecified atom stereocenters. The van der Waals surface area contributed by atoms with Crippen LogP contribution in [0.3, 0.4) is 0 Å². The SMILES string of the molecule is CC(=O)O[Si]S. The van der Waals surface area contributed by atoms with Crippen LogP contribution in [0.25, 0.3) is 0 Å². The van der Waals surface area contributed by atoms with Crippen LogP contribution in [0.4, 0.5) is 0 Å². The zero-order valence-corrected chi connectivity index (χ0v) is 5.16. The second-order valence-corrected chi connectivity index (χ2v) is 1.62. The molecule has 0 fully saturated rings. The van der Waals surface area contributed by atoms with E-state index in [1.807, 2.05) is 0 Å². The van der Waals surface area contributed by atoms with Gasteiger partial charge in [-0.3, -0.25) is 4.79 Å². The predicted molar refractivity (Wildman–Crippen MR) is 26.5 cm³/mol. The number of carbonyl (C=O) groups excluding carboxylic acids is 1. The maximum Gasteiger partial charge on any atom is 0.394 e. The molecular formula is C2H4O2SSi. The van der Waals surface area contributed by atoms with Crippen molar-refractivity contribution in [2.24, 2.45) is 0 Å². The molecule has 4 heteroatoms. The van der Waals surface area contributed by atoms with E-state index < -0.39 is 0 Å². The molecule has 0 aliphatic rings. The first-order chi connectivity index (χ1) is 2.77. The summed E-state index contributed by atoms with van der Waals surface area (Å²) in [6, 6.07) is 0. The molecule has 2 nitrogen and oxygen atoms in total.